The molecule has 0 bridgehead atoms. The standard InChI is InChI=1S/C12H26N2O/c1-2-6-13-7-3-8-14-11-12-4-9-15-10-5-12/h12-14H,2-11H2,1H3. The van der Waals surface area contributed by atoms with Crippen LogP contribution in [0.1, 0.15) is 32.6 Å². The zero-order chi connectivity index (χ0) is 10.8. The molecule has 90 valence electrons. The Hall–Kier alpha value is -0.120. The zero-order valence-corrected chi connectivity index (χ0v) is 10.1. The third-order valence-electron chi connectivity index (χ3n) is 2.91. The van der Waals surface area contributed by atoms with Crippen LogP contribution in [0.5, 0.6) is 0 Å². The molecule has 3 nitrogen and oxygen atoms in total. The van der Waals surface area contributed by atoms with Gasteiger partial charge in [0.25, 0.3) is 0 Å². The normalized spacial score (nSPS) is 18.2. The number of ether oxygens (including phenoxy) is 1. The van der Waals surface area contributed by atoms with Gasteiger partial charge >= 0.3 is 0 Å². The minimum absolute atomic E-state index is 0.849. The Kier molecular flexibility index (Phi) is 7.88. The van der Waals surface area contributed by atoms with E-state index >= 15 is 0 Å². The van der Waals surface area contributed by atoms with Crippen molar-refractivity contribution in [2.75, 3.05) is 39.4 Å². The highest BCUT2D eigenvalue weighted by Gasteiger charge is 2.12. The van der Waals surface area contributed by atoms with Gasteiger partial charge in [0, 0.05) is 13.2 Å². The Bertz CT molecular complexity index is 136. The van der Waals surface area contributed by atoms with Crippen molar-refractivity contribution in [1.82, 2.24) is 10.6 Å². The van der Waals surface area contributed by atoms with E-state index in [-0.39, 0.29) is 0 Å². The summed E-state index contributed by atoms with van der Waals surface area (Å²) in [5.41, 5.74) is 0. The van der Waals surface area contributed by atoms with Crippen molar-refractivity contribution >= 4 is 0 Å². The van der Waals surface area contributed by atoms with Crippen LogP contribution >= 0.6 is 0 Å². The molecule has 1 rings (SSSR count). The lowest BCUT2D eigenvalue weighted by Gasteiger charge is -2.22. The van der Waals surface area contributed by atoms with E-state index < -0.39 is 0 Å². The summed E-state index contributed by atoms with van der Waals surface area (Å²) in [4.78, 5) is 0. The summed E-state index contributed by atoms with van der Waals surface area (Å²) in [5.74, 6) is 0.849. The number of rotatable bonds is 8. The molecule has 1 aliphatic rings. The third kappa shape index (κ3) is 6.88. The second-order valence-electron chi connectivity index (χ2n) is 4.36. The molecule has 15 heavy (non-hydrogen) atoms. The molecule has 0 radical (unpaired) electrons. The van der Waals surface area contributed by atoms with Gasteiger partial charge in [0.1, 0.15) is 0 Å². The SMILES string of the molecule is CCCNCCCNCC1CCOCC1. The van der Waals surface area contributed by atoms with Gasteiger partial charge in [-0.2, -0.15) is 0 Å². The van der Waals surface area contributed by atoms with Gasteiger partial charge < -0.3 is 15.4 Å². The van der Waals surface area contributed by atoms with E-state index in [4.69, 9.17) is 4.74 Å². The van der Waals surface area contributed by atoms with E-state index in [0.29, 0.717) is 0 Å². The number of hydrogen-bond acceptors (Lipinski definition) is 3. The van der Waals surface area contributed by atoms with Crippen molar-refractivity contribution in [1.29, 1.82) is 0 Å². The van der Waals surface area contributed by atoms with Gasteiger partial charge in [-0.15, -0.1) is 0 Å². The average Bonchev–Trinajstić information content (AvgIpc) is 2.29. The minimum atomic E-state index is 0.849. The fraction of sp³-hybridized carbons (Fsp3) is 1.00. The van der Waals surface area contributed by atoms with E-state index in [1.807, 2.05) is 0 Å². The van der Waals surface area contributed by atoms with Crippen LogP contribution in [0, 0.1) is 5.92 Å². The fourth-order valence-electron chi connectivity index (χ4n) is 1.90. The molecule has 2 N–H and O–H groups in total. The summed E-state index contributed by atoms with van der Waals surface area (Å²) in [6.45, 7) is 8.75. The molecule has 0 aromatic carbocycles. The van der Waals surface area contributed by atoms with E-state index in [1.165, 1.54) is 32.2 Å². The largest absolute Gasteiger partial charge is 0.381 e. The van der Waals surface area contributed by atoms with Crippen molar-refractivity contribution < 1.29 is 4.74 Å². The first-order valence-electron chi connectivity index (χ1n) is 6.42. The number of hydrogen-bond donors (Lipinski definition) is 2. The quantitative estimate of drug-likeness (QED) is 0.599. The molecule has 0 aromatic rings. The van der Waals surface area contributed by atoms with Crippen LogP contribution in [0.3, 0.4) is 0 Å². The monoisotopic (exact) mass is 214 g/mol. The summed E-state index contributed by atoms with van der Waals surface area (Å²) in [5, 5.41) is 6.95. The Morgan fingerprint density at radius 3 is 2.53 bits per heavy atom. The lowest BCUT2D eigenvalue weighted by molar-refractivity contribution is 0.0663. The van der Waals surface area contributed by atoms with Gasteiger partial charge in [0.15, 0.2) is 0 Å². The van der Waals surface area contributed by atoms with Crippen LogP contribution in [0.25, 0.3) is 0 Å². The van der Waals surface area contributed by atoms with Crippen LogP contribution in [0.2, 0.25) is 0 Å². The Morgan fingerprint density at radius 2 is 1.80 bits per heavy atom. The highest BCUT2D eigenvalue weighted by molar-refractivity contribution is 4.66. The van der Waals surface area contributed by atoms with Crippen LogP contribution in [-0.4, -0.2) is 39.4 Å². The molecule has 1 fully saturated rings. The third-order valence-corrected chi connectivity index (χ3v) is 2.91. The van der Waals surface area contributed by atoms with Crippen molar-refractivity contribution in [2.45, 2.75) is 32.6 Å². The first-order chi connectivity index (χ1) is 7.43. The van der Waals surface area contributed by atoms with E-state index in [2.05, 4.69) is 17.6 Å². The van der Waals surface area contributed by atoms with Gasteiger partial charge in [-0.25, -0.2) is 0 Å². The van der Waals surface area contributed by atoms with E-state index in [0.717, 1.165) is 38.8 Å². The maximum absolute atomic E-state index is 5.33. The molecule has 0 spiro atoms. The molecule has 3 heteroatoms. The molecule has 1 heterocycles. The summed E-state index contributed by atoms with van der Waals surface area (Å²) in [6, 6.07) is 0. The molecule has 0 aromatic heterocycles. The van der Waals surface area contributed by atoms with Crippen LogP contribution < -0.4 is 10.6 Å². The molecular formula is C12H26N2O. The fourth-order valence-corrected chi connectivity index (χ4v) is 1.90. The number of nitrogens with one attached hydrogen (secondary N) is 2. The summed E-state index contributed by atoms with van der Waals surface area (Å²) in [6.07, 6.45) is 4.95. The van der Waals surface area contributed by atoms with Crippen molar-refractivity contribution in [3.8, 4) is 0 Å². The maximum Gasteiger partial charge on any atom is 0.0469 e. The zero-order valence-electron chi connectivity index (χ0n) is 10.1. The Morgan fingerprint density at radius 1 is 1.07 bits per heavy atom. The highest BCUT2D eigenvalue weighted by atomic mass is 16.5. The molecule has 0 unspecified atom stereocenters. The van der Waals surface area contributed by atoms with Crippen molar-refractivity contribution in [3.63, 3.8) is 0 Å². The van der Waals surface area contributed by atoms with Gasteiger partial charge in [-0.1, -0.05) is 6.92 Å². The lowest BCUT2D eigenvalue weighted by Crippen LogP contribution is -2.29. The lowest BCUT2D eigenvalue weighted by atomic mass is 10.0. The molecule has 0 saturated carbocycles. The first-order valence-corrected chi connectivity index (χ1v) is 6.42. The van der Waals surface area contributed by atoms with Gasteiger partial charge in [-0.3, -0.25) is 0 Å². The van der Waals surface area contributed by atoms with Gasteiger partial charge in [-0.05, 0) is 57.8 Å². The maximum atomic E-state index is 5.33. The minimum Gasteiger partial charge on any atom is -0.381 e. The molecule has 1 saturated heterocycles. The van der Waals surface area contributed by atoms with Gasteiger partial charge in [0.2, 0.25) is 0 Å². The topological polar surface area (TPSA) is 33.3 Å². The van der Waals surface area contributed by atoms with Crippen LogP contribution in [0.15, 0.2) is 0 Å². The predicted octanol–water partition coefficient (Wildman–Crippen LogP) is 1.39. The smallest absolute Gasteiger partial charge is 0.0469 e. The Labute approximate surface area is 94.0 Å². The summed E-state index contributed by atoms with van der Waals surface area (Å²) >= 11 is 0. The van der Waals surface area contributed by atoms with E-state index in [9.17, 15) is 0 Å². The Balaban J connectivity index is 1.79. The second-order valence-corrected chi connectivity index (χ2v) is 4.36. The van der Waals surface area contributed by atoms with Crippen LogP contribution in [-0.2, 0) is 4.74 Å². The van der Waals surface area contributed by atoms with Crippen LogP contribution in [0.4, 0.5) is 0 Å². The molecule has 1 aliphatic heterocycles. The first kappa shape index (κ1) is 12.9. The summed E-state index contributed by atoms with van der Waals surface area (Å²) < 4.78 is 5.33. The van der Waals surface area contributed by atoms with Crippen molar-refractivity contribution in [3.05, 3.63) is 0 Å². The molecule has 0 atom stereocenters. The predicted molar refractivity (Wildman–Crippen MR) is 64.2 cm³/mol. The second kappa shape index (κ2) is 9.13. The molecule has 0 amide bonds. The highest BCUT2D eigenvalue weighted by Crippen LogP contribution is 2.12. The van der Waals surface area contributed by atoms with E-state index in [1.54, 1.807) is 0 Å². The average molecular weight is 214 g/mol. The molecular weight excluding hydrogens is 188 g/mol. The van der Waals surface area contributed by atoms with Gasteiger partial charge in [0.05, 0.1) is 0 Å². The van der Waals surface area contributed by atoms with Crippen molar-refractivity contribution in [2.24, 2.45) is 5.92 Å². The molecule has 0 aliphatic carbocycles. The summed E-state index contributed by atoms with van der Waals surface area (Å²) in [7, 11) is 0.